The Morgan fingerprint density at radius 3 is 2.49 bits per heavy atom. The molecule has 1 saturated carbocycles. The van der Waals surface area contributed by atoms with Crippen LogP contribution >= 0.6 is 0 Å². The summed E-state index contributed by atoms with van der Waals surface area (Å²) < 4.78 is 40.0. The number of benzene rings is 1. The van der Waals surface area contributed by atoms with E-state index in [1.165, 1.54) is 5.56 Å². The minimum absolute atomic E-state index is 0.171. The molecule has 2 fully saturated rings. The Morgan fingerprint density at radius 2 is 1.81 bits per heavy atom. The van der Waals surface area contributed by atoms with Crippen molar-refractivity contribution in [2.45, 2.75) is 63.4 Å². The molecule has 1 aliphatic heterocycles. The van der Waals surface area contributed by atoms with Crippen molar-refractivity contribution in [3.63, 3.8) is 0 Å². The molecule has 0 bridgehead atoms. The number of nitrogens with zero attached hydrogens (tertiary/aromatic N) is 4. The molecule has 3 aromatic rings. The van der Waals surface area contributed by atoms with Crippen LogP contribution in [0.5, 0.6) is 0 Å². The predicted molar refractivity (Wildman–Crippen MR) is 138 cm³/mol. The summed E-state index contributed by atoms with van der Waals surface area (Å²) in [4.78, 5) is 11.5. The van der Waals surface area contributed by atoms with Crippen molar-refractivity contribution >= 4 is 17.0 Å². The lowest BCUT2D eigenvalue weighted by molar-refractivity contribution is -0.131. The number of nitrogens with one attached hydrogen (secondary N) is 2. The monoisotopic (exact) mass is 516 g/mol. The summed E-state index contributed by atoms with van der Waals surface area (Å²) in [5.74, 6) is 0.193. The summed E-state index contributed by atoms with van der Waals surface area (Å²) in [5.41, 5.74) is 4.03. The third-order valence-corrected chi connectivity index (χ3v) is 7.73. The molecule has 0 amide bonds. The number of aromatic nitrogens is 3. The van der Waals surface area contributed by atoms with Crippen LogP contribution in [0.2, 0.25) is 0 Å². The number of fused-ring (bicyclic) bond motifs is 1. The van der Waals surface area contributed by atoms with Crippen LogP contribution in [0.3, 0.4) is 0 Å². The second kappa shape index (κ2) is 11.0. The molecule has 0 radical (unpaired) electrons. The highest BCUT2D eigenvalue weighted by Gasteiger charge is 2.27. The van der Waals surface area contributed by atoms with Crippen molar-refractivity contribution in [1.82, 2.24) is 24.8 Å². The molecule has 2 aliphatic rings. The van der Waals surface area contributed by atoms with Crippen LogP contribution in [-0.4, -0.2) is 69.5 Å². The van der Waals surface area contributed by atoms with Crippen LogP contribution in [0.15, 0.2) is 36.7 Å². The van der Waals surface area contributed by atoms with Gasteiger partial charge in [-0.25, -0.2) is 4.98 Å². The summed E-state index contributed by atoms with van der Waals surface area (Å²) in [7, 11) is 0. The van der Waals surface area contributed by atoms with Crippen molar-refractivity contribution < 1.29 is 18.3 Å². The van der Waals surface area contributed by atoms with Gasteiger partial charge in [0.1, 0.15) is 5.65 Å². The van der Waals surface area contributed by atoms with E-state index in [2.05, 4.69) is 67.5 Å². The number of rotatable bonds is 7. The predicted octanol–water partition coefficient (Wildman–Crippen LogP) is 4.90. The Hall–Kier alpha value is -2.69. The van der Waals surface area contributed by atoms with Gasteiger partial charge in [0.2, 0.25) is 5.95 Å². The topological polar surface area (TPSA) is 78.2 Å². The van der Waals surface area contributed by atoms with Crippen molar-refractivity contribution in [1.29, 1.82) is 0 Å². The van der Waals surface area contributed by atoms with Gasteiger partial charge < -0.3 is 20.3 Å². The van der Waals surface area contributed by atoms with Gasteiger partial charge in [-0.05, 0) is 43.7 Å². The minimum Gasteiger partial charge on any atom is -0.393 e. The standard InChI is InChI=1S/C27H35F3N6O/c1-18(35-14-12-31-13-15-35)19-2-4-20(5-3-19)24-17-36(21-6-8-22(37)9-7-21)25-23(24)16-33-26(34-25)32-11-10-27(28,29)30/h2-5,16-18,21-22,31,37H,6-15H2,1H3,(H,32,33,34). The molecule has 1 atom stereocenters. The maximum atomic E-state index is 12.6. The molecular formula is C27H35F3N6O. The summed E-state index contributed by atoms with van der Waals surface area (Å²) in [5, 5.41) is 17.0. The van der Waals surface area contributed by atoms with Crippen molar-refractivity contribution in [3.8, 4) is 11.1 Å². The fraction of sp³-hybridized carbons (Fsp3) is 0.556. The fourth-order valence-corrected chi connectivity index (χ4v) is 5.50. The molecule has 0 spiro atoms. The number of halogens is 3. The van der Waals surface area contributed by atoms with Crippen LogP contribution in [0.4, 0.5) is 19.1 Å². The highest BCUT2D eigenvalue weighted by Crippen LogP contribution is 2.37. The van der Waals surface area contributed by atoms with Gasteiger partial charge in [-0.15, -0.1) is 0 Å². The summed E-state index contributed by atoms with van der Waals surface area (Å²) in [6.07, 6.45) is 1.44. The molecule has 1 unspecified atom stereocenters. The van der Waals surface area contributed by atoms with E-state index in [0.29, 0.717) is 11.7 Å². The van der Waals surface area contributed by atoms with E-state index in [-0.39, 0.29) is 24.6 Å². The Balaban J connectivity index is 1.44. The first-order valence-electron chi connectivity index (χ1n) is 13.2. The van der Waals surface area contributed by atoms with Gasteiger partial charge in [0.15, 0.2) is 0 Å². The molecule has 200 valence electrons. The van der Waals surface area contributed by atoms with Crippen molar-refractivity contribution in [2.24, 2.45) is 0 Å². The van der Waals surface area contributed by atoms with Gasteiger partial charge in [-0.1, -0.05) is 24.3 Å². The molecule has 1 saturated heterocycles. The zero-order valence-corrected chi connectivity index (χ0v) is 21.1. The quantitative estimate of drug-likeness (QED) is 0.415. The van der Waals surface area contributed by atoms with Gasteiger partial charge in [0.05, 0.1) is 12.5 Å². The molecule has 7 nitrogen and oxygen atoms in total. The van der Waals surface area contributed by atoms with Gasteiger partial charge >= 0.3 is 6.18 Å². The molecule has 10 heteroatoms. The van der Waals surface area contributed by atoms with Crippen molar-refractivity contribution in [3.05, 3.63) is 42.2 Å². The smallest absolute Gasteiger partial charge is 0.390 e. The Bertz CT molecular complexity index is 1180. The zero-order valence-electron chi connectivity index (χ0n) is 21.1. The molecular weight excluding hydrogens is 481 g/mol. The van der Waals surface area contributed by atoms with Gasteiger partial charge in [-0.2, -0.15) is 18.2 Å². The average molecular weight is 517 g/mol. The summed E-state index contributed by atoms with van der Waals surface area (Å²) in [6, 6.07) is 9.12. The number of hydrogen-bond acceptors (Lipinski definition) is 6. The first-order valence-corrected chi connectivity index (χ1v) is 13.2. The van der Waals surface area contributed by atoms with E-state index in [0.717, 1.165) is 68.4 Å². The van der Waals surface area contributed by atoms with Crippen LogP contribution in [-0.2, 0) is 0 Å². The molecule has 3 N–H and O–H groups in total. The highest BCUT2D eigenvalue weighted by molar-refractivity contribution is 5.94. The average Bonchev–Trinajstić information content (AvgIpc) is 3.27. The molecule has 3 heterocycles. The number of anilines is 1. The number of aliphatic hydroxyl groups is 1. The maximum Gasteiger partial charge on any atom is 0.390 e. The molecule has 1 aromatic carbocycles. The van der Waals surface area contributed by atoms with Crippen LogP contribution in [0.1, 0.15) is 56.7 Å². The molecule has 5 rings (SSSR count). The largest absolute Gasteiger partial charge is 0.393 e. The zero-order chi connectivity index (χ0) is 26.0. The van der Waals surface area contributed by atoms with E-state index in [9.17, 15) is 18.3 Å². The highest BCUT2D eigenvalue weighted by atomic mass is 19.4. The Labute approximate surface area is 215 Å². The second-order valence-electron chi connectivity index (χ2n) is 10.2. The van der Waals surface area contributed by atoms with Gasteiger partial charge in [0, 0.05) is 68.2 Å². The lowest BCUT2D eigenvalue weighted by atomic mass is 9.93. The normalized spacial score (nSPS) is 22.3. The summed E-state index contributed by atoms with van der Waals surface area (Å²) in [6.45, 7) is 6.04. The summed E-state index contributed by atoms with van der Waals surface area (Å²) >= 11 is 0. The van der Waals surface area contributed by atoms with E-state index in [1.54, 1.807) is 6.20 Å². The minimum atomic E-state index is -4.23. The van der Waals surface area contributed by atoms with Crippen molar-refractivity contribution in [2.75, 3.05) is 38.0 Å². The Kier molecular flexibility index (Phi) is 7.69. The molecule has 37 heavy (non-hydrogen) atoms. The number of piperazine rings is 1. The lowest BCUT2D eigenvalue weighted by Crippen LogP contribution is -2.44. The van der Waals surface area contributed by atoms with E-state index in [4.69, 9.17) is 0 Å². The van der Waals surface area contributed by atoms with E-state index in [1.807, 2.05) is 0 Å². The third kappa shape index (κ3) is 6.08. The number of hydrogen-bond donors (Lipinski definition) is 3. The van der Waals surface area contributed by atoms with E-state index >= 15 is 0 Å². The fourth-order valence-electron chi connectivity index (χ4n) is 5.50. The first kappa shape index (κ1) is 25.9. The lowest BCUT2D eigenvalue weighted by Gasteiger charge is -2.33. The van der Waals surface area contributed by atoms with Crippen LogP contribution < -0.4 is 10.6 Å². The number of alkyl halides is 3. The number of aliphatic hydroxyl groups excluding tert-OH is 1. The van der Waals surface area contributed by atoms with Gasteiger partial charge in [-0.3, -0.25) is 4.90 Å². The van der Waals surface area contributed by atoms with E-state index < -0.39 is 12.6 Å². The molecule has 2 aromatic heterocycles. The SMILES string of the molecule is CC(c1ccc(-c2cn(C3CCC(O)CC3)c3nc(NCCC(F)(F)F)ncc23)cc1)N1CCNCC1. The maximum absolute atomic E-state index is 12.6. The van der Waals surface area contributed by atoms with Crippen LogP contribution in [0, 0.1) is 0 Å². The van der Waals surface area contributed by atoms with Crippen LogP contribution in [0.25, 0.3) is 22.2 Å². The molecule has 1 aliphatic carbocycles. The van der Waals surface area contributed by atoms with Gasteiger partial charge in [0.25, 0.3) is 0 Å². The first-order chi connectivity index (χ1) is 17.8. The second-order valence-corrected chi connectivity index (χ2v) is 10.2. The third-order valence-electron chi connectivity index (χ3n) is 7.73. The Morgan fingerprint density at radius 1 is 1.11 bits per heavy atom.